The number of carbonyl (C=O) groups is 1. The maximum Gasteiger partial charge on any atom is 0.239 e. The lowest BCUT2D eigenvalue weighted by molar-refractivity contribution is -0.113. The predicted molar refractivity (Wildman–Crippen MR) is 63.8 cm³/mol. The molecule has 17 heavy (non-hydrogen) atoms. The third kappa shape index (κ3) is 4.03. The van der Waals surface area contributed by atoms with Crippen molar-refractivity contribution in [3.8, 4) is 0 Å². The van der Waals surface area contributed by atoms with Gasteiger partial charge in [-0.25, -0.2) is 12.8 Å². The molecule has 94 valence electrons. The molecule has 0 unspecified atom stereocenters. The fraction of sp³-hybridized carbons (Fsp3) is 0.300. The Labute approximate surface area is 98.7 Å². The first kappa shape index (κ1) is 13.4. The molecular weight excluding hydrogens is 247 g/mol. The molecule has 0 aliphatic heterocycles. The summed E-state index contributed by atoms with van der Waals surface area (Å²) in [5.41, 5.74) is 5.57. The van der Waals surface area contributed by atoms with Crippen molar-refractivity contribution in [2.75, 3.05) is 22.6 Å². The molecule has 1 amide bonds. The third-order valence-electron chi connectivity index (χ3n) is 2.06. The molecule has 3 N–H and O–H groups in total. The quantitative estimate of drug-likeness (QED) is 0.783. The van der Waals surface area contributed by atoms with E-state index >= 15 is 0 Å². The lowest BCUT2D eigenvalue weighted by Crippen LogP contribution is -2.24. The van der Waals surface area contributed by atoms with E-state index in [4.69, 9.17) is 5.73 Å². The van der Waals surface area contributed by atoms with Crippen LogP contribution in [0.15, 0.2) is 18.2 Å². The van der Waals surface area contributed by atoms with Gasteiger partial charge in [-0.2, -0.15) is 0 Å². The van der Waals surface area contributed by atoms with Crippen LogP contribution in [0.4, 0.5) is 15.8 Å². The molecule has 0 saturated carbocycles. The smallest absolute Gasteiger partial charge is 0.239 e. The molecule has 0 atom stereocenters. The number of nitrogens with one attached hydrogen (secondary N) is 1. The Hall–Kier alpha value is -1.63. The minimum Gasteiger partial charge on any atom is -0.399 e. The molecule has 0 bridgehead atoms. The number of anilines is 2. The molecule has 0 aliphatic carbocycles. The molecule has 0 heterocycles. The molecule has 1 aromatic carbocycles. The molecule has 0 fully saturated rings. The summed E-state index contributed by atoms with van der Waals surface area (Å²) < 4.78 is 35.6. The first-order valence-electron chi connectivity index (χ1n) is 4.89. The maximum atomic E-state index is 13.2. The van der Waals surface area contributed by atoms with Crippen molar-refractivity contribution >= 4 is 27.1 Å². The monoisotopic (exact) mass is 260 g/mol. The Morgan fingerprint density at radius 1 is 1.47 bits per heavy atom. The van der Waals surface area contributed by atoms with Crippen LogP contribution in [0.2, 0.25) is 0 Å². The second-order valence-electron chi connectivity index (χ2n) is 3.46. The van der Waals surface area contributed by atoms with E-state index < -0.39 is 27.3 Å². The van der Waals surface area contributed by atoms with Crippen molar-refractivity contribution in [1.29, 1.82) is 0 Å². The van der Waals surface area contributed by atoms with E-state index in [9.17, 15) is 17.6 Å². The van der Waals surface area contributed by atoms with Gasteiger partial charge < -0.3 is 11.1 Å². The van der Waals surface area contributed by atoms with Crippen LogP contribution in [-0.4, -0.2) is 25.8 Å². The zero-order chi connectivity index (χ0) is 13.1. The first-order chi connectivity index (χ1) is 7.84. The SMILES string of the molecule is CCS(=O)(=O)CC(=O)Nc1cc(N)ccc1F. The summed E-state index contributed by atoms with van der Waals surface area (Å²) in [4.78, 5) is 11.4. The molecule has 0 saturated heterocycles. The average Bonchev–Trinajstić information content (AvgIpc) is 2.23. The molecule has 1 aromatic rings. The summed E-state index contributed by atoms with van der Waals surface area (Å²) >= 11 is 0. The van der Waals surface area contributed by atoms with Gasteiger partial charge in [-0.1, -0.05) is 6.92 Å². The predicted octanol–water partition coefficient (Wildman–Crippen LogP) is 0.781. The van der Waals surface area contributed by atoms with Crippen molar-refractivity contribution < 1.29 is 17.6 Å². The molecule has 1 rings (SSSR count). The minimum atomic E-state index is -3.43. The molecular formula is C10H13FN2O3S. The Kier molecular flexibility index (Phi) is 4.06. The molecule has 7 heteroatoms. The summed E-state index contributed by atoms with van der Waals surface area (Å²) in [6.45, 7) is 1.43. The van der Waals surface area contributed by atoms with Crippen LogP contribution in [0.5, 0.6) is 0 Å². The van der Waals surface area contributed by atoms with E-state index in [0.29, 0.717) is 0 Å². The van der Waals surface area contributed by atoms with Crippen LogP contribution in [0, 0.1) is 5.82 Å². The number of rotatable bonds is 4. The van der Waals surface area contributed by atoms with Gasteiger partial charge in [-0.05, 0) is 18.2 Å². The van der Waals surface area contributed by atoms with Gasteiger partial charge in [0.2, 0.25) is 5.91 Å². The van der Waals surface area contributed by atoms with Crippen LogP contribution < -0.4 is 11.1 Å². The Morgan fingerprint density at radius 3 is 2.71 bits per heavy atom. The number of hydrogen-bond acceptors (Lipinski definition) is 4. The van der Waals surface area contributed by atoms with Crippen LogP contribution >= 0.6 is 0 Å². The maximum absolute atomic E-state index is 13.2. The molecule has 0 spiro atoms. The number of nitrogen functional groups attached to an aromatic ring is 1. The van der Waals surface area contributed by atoms with Gasteiger partial charge in [0, 0.05) is 11.4 Å². The van der Waals surface area contributed by atoms with E-state index in [1.807, 2.05) is 0 Å². The summed E-state index contributed by atoms with van der Waals surface area (Å²) in [5.74, 6) is -2.25. The zero-order valence-electron chi connectivity index (χ0n) is 9.23. The third-order valence-corrected chi connectivity index (χ3v) is 3.64. The van der Waals surface area contributed by atoms with Gasteiger partial charge in [-0.15, -0.1) is 0 Å². The van der Waals surface area contributed by atoms with Crippen LogP contribution in [-0.2, 0) is 14.6 Å². The van der Waals surface area contributed by atoms with E-state index in [1.165, 1.54) is 19.1 Å². The number of benzene rings is 1. The number of amides is 1. The fourth-order valence-electron chi connectivity index (χ4n) is 1.13. The van der Waals surface area contributed by atoms with Crippen LogP contribution in [0.25, 0.3) is 0 Å². The van der Waals surface area contributed by atoms with Gasteiger partial charge in [-0.3, -0.25) is 4.79 Å². The van der Waals surface area contributed by atoms with E-state index in [2.05, 4.69) is 5.32 Å². The largest absolute Gasteiger partial charge is 0.399 e. The molecule has 0 aliphatic rings. The van der Waals surface area contributed by atoms with E-state index in [0.717, 1.165) is 6.07 Å². The van der Waals surface area contributed by atoms with Gasteiger partial charge in [0.25, 0.3) is 0 Å². The Morgan fingerprint density at radius 2 is 2.12 bits per heavy atom. The number of halogens is 1. The lowest BCUT2D eigenvalue weighted by Gasteiger charge is -2.07. The molecule has 0 aromatic heterocycles. The molecule has 0 radical (unpaired) electrons. The average molecular weight is 260 g/mol. The summed E-state index contributed by atoms with van der Waals surface area (Å²) in [6, 6.07) is 3.67. The normalized spacial score (nSPS) is 11.2. The van der Waals surface area contributed by atoms with Crippen molar-refractivity contribution in [3.63, 3.8) is 0 Å². The summed E-state index contributed by atoms with van der Waals surface area (Å²) in [5, 5.41) is 2.17. The fourth-order valence-corrected chi connectivity index (χ4v) is 1.80. The second kappa shape index (κ2) is 5.13. The Bertz CT molecular complexity index is 528. The highest BCUT2D eigenvalue weighted by molar-refractivity contribution is 7.92. The standard InChI is InChI=1S/C10H13FN2O3S/c1-2-17(15,16)6-10(14)13-9-5-7(12)3-4-8(9)11/h3-5H,2,6,12H2,1H3,(H,13,14). The van der Waals surface area contributed by atoms with Crippen molar-refractivity contribution in [3.05, 3.63) is 24.0 Å². The van der Waals surface area contributed by atoms with E-state index in [-0.39, 0.29) is 17.1 Å². The number of sulfone groups is 1. The Balaban J connectivity index is 2.78. The number of carbonyl (C=O) groups excluding carboxylic acids is 1. The van der Waals surface area contributed by atoms with Crippen molar-refractivity contribution in [2.24, 2.45) is 0 Å². The number of nitrogens with two attached hydrogens (primary N) is 1. The molecule has 5 nitrogen and oxygen atoms in total. The lowest BCUT2D eigenvalue weighted by atomic mass is 10.2. The van der Waals surface area contributed by atoms with Crippen LogP contribution in [0.1, 0.15) is 6.92 Å². The van der Waals surface area contributed by atoms with Gasteiger partial charge in [0.05, 0.1) is 5.69 Å². The highest BCUT2D eigenvalue weighted by Gasteiger charge is 2.15. The first-order valence-corrected chi connectivity index (χ1v) is 6.71. The summed E-state index contributed by atoms with van der Waals surface area (Å²) in [7, 11) is -3.43. The van der Waals surface area contributed by atoms with E-state index in [1.54, 1.807) is 0 Å². The van der Waals surface area contributed by atoms with Gasteiger partial charge >= 0.3 is 0 Å². The highest BCUT2D eigenvalue weighted by atomic mass is 32.2. The topological polar surface area (TPSA) is 89.3 Å². The summed E-state index contributed by atoms with van der Waals surface area (Å²) in [6.07, 6.45) is 0. The van der Waals surface area contributed by atoms with Crippen LogP contribution in [0.3, 0.4) is 0 Å². The zero-order valence-corrected chi connectivity index (χ0v) is 10.1. The number of hydrogen-bond donors (Lipinski definition) is 2. The van der Waals surface area contributed by atoms with Crippen molar-refractivity contribution in [2.45, 2.75) is 6.92 Å². The van der Waals surface area contributed by atoms with Gasteiger partial charge in [0.1, 0.15) is 11.6 Å². The minimum absolute atomic E-state index is 0.124. The van der Waals surface area contributed by atoms with Gasteiger partial charge in [0.15, 0.2) is 9.84 Å². The van der Waals surface area contributed by atoms with Crippen molar-refractivity contribution in [1.82, 2.24) is 0 Å². The second-order valence-corrected chi connectivity index (χ2v) is 5.82. The highest BCUT2D eigenvalue weighted by Crippen LogP contribution is 2.17.